The molecule has 1 aromatic heterocycles. The van der Waals surface area contributed by atoms with Crippen LogP contribution in [0.5, 0.6) is 0 Å². The van der Waals surface area contributed by atoms with E-state index in [1.807, 2.05) is 0 Å². The molecule has 14 heavy (non-hydrogen) atoms. The molecule has 0 bridgehead atoms. The van der Waals surface area contributed by atoms with Gasteiger partial charge in [0.25, 0.3) is 0 Å². The smallest absolute Gasteiger partial charge is 0.145 e. The first-order valence-corrected chi connectivity index (χ1v) is 4.73. The molecule has 0 fully saturated rings. The summed E-state index contributed by atoms with van der Waals surface area (Å²) >= 11 is 0. The minimum atomic E-state index is 0.118. The first-order valence-electron chi connectivity index (χ1n) is 4.73. The molecule has 0 aliphatic heterocycles. The first kappa shape index (κ1) is 10.8. The van der Waals surface area contributed by atoms with Gasteiger partial charge in [0.1, 0.15) is 5.82 Å². The lowest BCUT2D eigenvalue weighted by Gasteiger charge is -2.22. The van der Waals surface area contributed by atoms with Crippen LogP contribution in [0, 0.1) is 5.41 Å². The maximum absolute atomic E-state index is 5.72. The Balaban J connectivity index is 2.58. The maximum atomic E-state index is 5.72. The van der Waals surface area contributed by atoms with Gasteiger partial charge in [-0.15, -0.1) is 0 Å². The third-order valence-corrected chi connectivity index (χ3v) is 2.46. The number of aromatic nitrogens is 2. The number of hydrogen-bond acceptors (Lipinski definition) is 4. The second kappa shape index (κ2) is 3.88. The van der Waals surface area contributed by atoms with Gasteiger partial charge in [0, 0.05) is 6.54 Å². The highest BCUT2D eigenvalue weighted by molar-refractivity contribution is 5.56. The molecular formula is C9H19N5. The zero-order valence-electron chi connectivity index (χ0n) is 8.83. The van der Waals surface area contributed by atoms with Crippen LogP contribution < -0.4 is 17.2 Å². The summed E-state index contributed by atoms with van der Waals surface area (Å²) in [7, 11) is 0. The molecule has 0 aromatic carbocycles. The molecule has 0 atom stereocenters. The van der Waals surface area contributed by atoms with Crippen molar-refractivity contribution in [1.29, 1.82) is 0 Å². The molecule has 1 aromatic rings. The van der Waals surface area contributed by atoms with Crippen LogP contribution in [0.25, 0.3) is 0 Å². The topological polar surface area (TPSA) is 95.9 Å². The Morgan fingerprint density at radius 1 is 1.43 bits per heavy atom. The molecule has 0 aliphatic carbocycles. The van der Waals surface area contributed by atoms with E-state index in [1.54, 1.807) is 10.9 Å². The fraction of sp³-hybridized carbons (Fsp3) is 0.667. The molecule has 6 N–H and O–H groups in total. The predicted octanol–water partition coefficient (Wildman–Crippen LogP) is 0.423. The van der Waals surface area contributed by atoms with Gasteiger partial charge in [0.2, 0.25) is 0 Å². The van der Waals surface area contributed by atoms with Gasteiger partial charge in [-0.2, -0.15) is 5.10 Å². The molecule has 0 saturated heterocycles. The third-order valence-electron chi connectivity index (χ3n) is 2.46. The van der Waals surface area contributed by atoms with Gasteiger partial charge in [0.15, 0.2) is 0 Å². The van der Waals surface area contributed by atoms with Crippen LogP contribution in [0.4, 0.5) is 11.5 Å². The monoisotopic (exact) mass is 197 g/mol. The first-order chi connectivity index (χ1) is 6.46. The van der Waals surface area contributed by atoms with Gasteiger partial charge in [0.05, 0.1) is 11.9 Å². The summed E-state index contributed by atoms with van der Waals surface area (Å²) in [5.41, 5.74) is 17.6. The van der Waals surface area contributed by atoms with E-state index < -0.39 is 0 Å². The van der Waals surface area contributed by atoms with E-state index in [2.05, 4.69) is 18.9 Å². The van der Waals surface area contributed by atoms with Crippen molar-refractivity contribution in [2.45, 2.75) is 26.8 Å². The van der Waals surface area contributed by atoms with Crippen molar-refractivity contribution in [3.63, 3.8) is 0 Å². The molecule has 1 heterocycles. The Labute approximate surface area is 84.2 Å². The minimum absolute atomic E-state index is 0.118. The third kappa shape index (κ3) is 2.38. The Morgan fingerprint density at radius 2 is 2.07 bits per heavy atom. The molecule has 0 saturated carbocycles. The quantitative estimate of drug-likeness (QED) is 0.652. The maximum Gasteiger partial charge on any atom is 0.145 e. The van der Waals surface area contributed by atoms with Crippen molar-refractivity contribution in [1.82, 2.24) is 9.78 Å². The second-order valence-corrected chi connectivity index (χ2v) is 4.33. The van der Waals surface area contributed by atoms with Crippen molar-refractivity contribution in [2.24, 2.45) is 11.1 Å². The zero-order valence-corrected chi connectivity index (χ0v) is 8.83. The molecular weight excluding hydrogens is 178 g/mol. The highest BCUT2D eigenvalue weighted by atomic mass is 15.3. The highest BCUT2D eigenvalue weighted by Crippen LogP contribution is 2.21. The SMILES string of the molecule is CC(C)(CN)CCn1ncc(N)c1N. The number of nitrogens with two attached hydrogens (primary N) is 3. The van der Waals surface area contributed by atoms with E-state index in [1.165, 1.54) is 0 Å². The molecule has 5 heteroatoms. The lowest BCUT2D eigenvalue weighted by molar-refractivity contribution is 0.318. The lowest BCUT2D eigenvalue weighted by Crippen LogP contribution is -2.25. The standard InChI is InChI=1S/C9H19N5/c1-9(2,6-10)3-4-14-8(12)7(11)5-13-14/h5H,3-4,6,10-12H2,1-2H3. The summed E-state index contributed by atoms with van der Waals surface area (Å²) in [5, 5.41) is 4.08. The number of nitrogen functional groups attached to an aromatic ring is 2. The fourth-order valence-electron chi connectivity index (χ4n) is 1.10. The number of anilines is 2. The van der Waals surface area contributed by atoms with E-state index in [0.717, 1.165) is 13.0 Å². The summed E-state index contributed by atoms with van der Waals surface area (Å²) in [5.74, 6) is 0.540. The van der Waals surface area contributed by atoms with Crippen LogP contribution in [0.1, 0.15) is 20.3 Å². The Kier molecular flexibility index (Phi) is 3.00. The van der Waals surface area contributed by atoms with E-state index in [4.69, 9.17) is 17.2 Å². The number of aryl methyl sites for hydroxylation is 1. The van der Waals surface area contributed by atoms with E-state index in [-0.39, 0.29) is 5.41 Å². The average molecular weight is 197 g/mol. The van der Waals surface area contributed by atoms with Crippen LogP contribution >= 0.6 is 0 Å². The van der Waals surface area contributed by atoms with Crippen LogP contribution in [0.2, 0.25) is 0 Å². The van der Waals surface area contributed by atoms with E-state index in [0.29, 0.717) is 18.1 Å². The van der Waals surface area contributed by atoms with E-state index >= 15 is 0 Å². The number of nitrogens with zero attached hydrogens (tertiary/aromatic N) is 2. The summed E-state index contributed by atoms with van der Waals surface area (Å²) in [6.07, 6.45) is 2.51. The summed E-state index contributed by atoms with van der Waals surface area (Å²) in [4.78, 5) is 0. The largest absolute Gasteiger partial charge is 0.394 e. The van der Waals surface area contributed by atoms with Crippen molar-refractivity contribution in [3.05, 3.63) is 6.20 Å². The molecule has 5 nitrogen and oxygen atoms in total. The molecule has 0 aliphatic rings. The van der Waals surface area contributed by atoms with Gasteiger partial charge >= 0.3 is 0 Å². The predicted molar refractivity (Wildman–Crippen MR) is 58.5 cm³/mol. The van der Waals surface area contributed by atoms with Crippen molar-refractivity contribution >= 4 is 11.5 Å². The summed E-state index contributed by atoms with van der Waals surface area (Å²) < 4.78 is 1.72. The molecule has 0 unspecified atom stereocenters. The minimum Gasteiger partial charge on any atom is -0.394 e. The Hall–Kier alpha value is -1.23. The molecule has 1 rings (SSSR count). The Bertz CT molecular complexity index is 302. The second-order valence-electron chi connectivity index (χ2n) is 4.33. The summed E-state index contributed by atoms with van der Waals surface area (Å²) in [6, 6.07) is 0. The van der Waals surface area contributed by atoms with Gasteiger partial charge in [-0.3, -0.25) is 0 Å². The fourth-order valence-corrected chi connectivity index (χ4v) is 1.10. The van der Waals surface area contributed by atoms with Gasteiger partial charge in [-0.1, -0.05) is 13.8 Å². The van der Waals surface area contributed by atoms with E-state index in [9.17, 15) is 0 Å². The van der Waals surface area contributed by atoms with Gasteiger partial charge in [-0.25, -0.2) is 4.68 Å². The average Bonchev–Trinajstić information content (AvgIpc) is 2.45. The molecule has 0 spiro atoms. The highest BCUT2D eigenvalue weighted by Gasteiger charge is 2.16. The molecule has 0 amide bonds. The van der Waals surface area contributed by atoms with Crippen molar-refractivity contribution in [2.75, 3.05) is 18.0 Å². The lowest BCUT2D eigenvalue weighted by atomic mass is 9.90. The Morgan fingerprint density at radius 3 is 2.50 bits per heavy atom. The van der Waals surface area contributed by atoms with Crippen LogP contribution in [-0.4, -0.2) is 16.3 Å². The molecule has 0 radical (unpaired) electrons. The number of hydrogen-bond donors (Lipinski definition) is 3. The molecule has 80 valence electrons. The van der Waals surface area contributed by atoms with Crippen LogP contribution in [0.3, 0.4) is 0 Å². The van der Waals surface area contributed by atoms with Crippen LogP contribution in [0.15, 0.2) is 6.20 Å². The van der Waals surface area contributed by atoms with Crippen molar-refractivity contribution in [3.8, 4) is 0 Å². The van der Waals surface area contributed by atoms with Crippen molar-refractivity contribution < 1.29 is 0 Å². The number of rotatable bonds is 4. The zero-order chi connectivity index (χ0) is 10.8. The van der Waals surface area contributed by atoms with Gasteiger partial charge < -0.3 is 17.2 Å². The van der Waals surface area contributed by atoms with Gasteiger partial charge in [-0.05, 0) is 18.4 Å². The summed E-state index contributed by atoms with van der Waals surface area (Å²) in [6.45, 7) is 5.66. The van der Waals surface area contributed by atoms with Crippen LogP contribution in [-0.2, 0) is 6.54 Å². The normalized spacial score (nSPS) is 11.9.